The SMILES string of the molecule is c1ccc(-c2nc(-c3ccccc3)c3ccc4ccc(-c5ccc6c(c5)C5(c7ccccc7-c7ccccc75)c5ccccc5-6)cc4c3n2)cc1. The van der Waals surface area contributed by atoms with Crippen molar-refractivity contribution in [1.82, 2.24) is 9.97 Å². The molecule has 2 heteroatoms. The van der Waals surface area contributed by atoms with Gasteiger partial charge in [0.25, 0.3) is 0 Å². The molecule has 236 valence electrons. The molecule has 0 fully saturated rings. The van der Waals surface area contributed by atoms with E-state index < -0.39 is 0 Å². The number of hydrogen-bond acceptors (Lipinski definition) is 2. The van der Waals surface area contributed by atoms with Crippen LogP contribution in [0.15, 0.2) is 182 Å². The third kappa shape index (κ3) is 3.93. The van der Waals surface area contributed by atoms with E-state index in [9.17, 15) is 0 Å². The van der Waals surface area contributed by atoms with Crippen LogP contribution in [0, 0.1) is 0 Å². The van der Waals surface area contributed by atoms with Gasteiger partial charge >= 0.3 is 0 Å². The van der Waals surface area contributed by atoms with Gasteiger partial charge in [-0.05, 0) is 79.2 Å². The average Bonchev–Trinajstić information content (AvgIpc) is 3.68. The Bertz CT molecular complexity index is 2790. The highest BCUT2D eigenvalue weighted by atomic mass is 14.9. The number of aromatic nitrogens is 2. The summed E-state index contributed by atoms with van der Waals surface area (Å²) in [5.74, 6) is 0.732. The van der Waals surface area contributed by atoms with Crippen molar-refractivity contribution in [3.05, 3.63) is 204 Å². The van der Waals surface area contributed by atoms with Crippen molar-refractivity contribution in [3.8, 4) is 56.0 Å². The lowest BCUT2D eigenvalue weighted by Gasteiger charge is -2.30. The summed E-state index contributed by atoms with van der Waals surface area (Å²) in [6, 6.07) is 66.1. The van der Waals surface area contributed by atoms with Crippen LogP contribution < -0.4 is 0 Å². The summed E-state index contributed by atoms with van der Waals surface area (Å²) in [6.07, 6.45) is 0. The molecule has 1 aromatic heterocycles. The molecule has 1 heterocycles. The monoisotopic (exact) mass is 646 g/mol. The highest BCUT2D eigenvalue weighted by molar-refractivity contribution is 6.11. The van der Waals surface area contributed by atoms with Crippen molar-refractivity contribution in [2.45, 2.75) is 5.41 Å². The molecule has 0 bridgehead atoms. The molecule has 8 aromatic carbocycles. The molecule has 0 N–H and O–H groups in total. The van der Waals surface area contributed by atoms with Gasteiger partial charge in [0.05, 0.1) is 16.6 Å². The van der Waals surface area contributed by atoms with Gasteiger partial charge in [0.1, 0.15) is 0 Å². The largest absolute Gasteiger partial charge is 0.227 e. The Morgan fingerprint density at radius 2 is 0.843 bits per heavy atom. The maximum absolute atomic E-state index is 5.28. The summed E-state index contributed by atoms with van der Waals surface area (Å²) in [5, 5.41) is 3.33. The first kappa shape index (κ1) is 28.2. The van der Waals surface area contributed by atoms with E-state index in [4.69, 9.17) is 9.97 Å². The summed E-state index contributed by atoms with van der Waals surface area (Å²) < 4.78 is 0. The van der Waals surface area contributed by atoms with Crippen LogP contribution in [-0.4, -0.2) is 9.97 Å². The second kappa shape index (κ2) is 10.7. The lowest BCUT2D eigenvalue weighted by atomic mass is 9.70. The zero-order valence-corrected chi connectivity index (χ0v) is 27.7. The van der Waals surface area contributed by atoms with E-state index in [2.05, 4.69) is 164 Å². The van der Waals surface area contributed by atoms with Gasteiger partial charge in [-0.15, -0.1) is 0 Å². The standard InChI is InChI=1S/C49H30N2/c1-3-13-32(14-4-1)46-40-28-25-31-23-24-34(29-41(31)47(40)51-48(50-46)33-15-5-2-6-16-33)35-26-27-39-38-19-9-12-22-44(38)49(45(39)30-35)42-20-10-7-17-36(42)37-18-8-11-21-43(37)49/h1-30H. The first-order valence-electron chi connectivity index (χ1n) is 17.6. The number of benzene rings is 8. The Kier molecular flexibility index (Phi) is 5.91. The molecule has 0 atom stereocenters. The van der Waals surface area contributed by atoms with Gasteiger partial charge in [0, 0.05) is 21.9 Å². The summed E-state index contributed by atoms with van der Waals surface area (Å²) in [7, 11) is 0. The highest BCUT2D eigenvalue weighted by Gasteiger charge is 2.51. The van der Waals surface area contributed by atoms with Crippen molar-refractivity contribution in [2.24, 2.45) is 0 Å². The summed E-state index contributed by atoms with van der Waals surface area (Å²) >= 11 is 0. The molecule has 9 aromatic rings. The van der Waals surface area contributed by atoms with E-state index in [0.717, 1.165) is 44.3 Å². The molecule has 11 rings (SSSR count). The van der Waals surface area contributed by atoms with Crippen LogP contribution in [-0.2, 0) is 5.41 Å². The van der Waals surface area contributed by atoms with Crippen LogP contribution in [0.3, 0.4) is 0 Å². The topological polar surface area (TPSA) is 25.8 Å². The van der Waals surface area contributed by atoms with Crippen LogP contribution in [0.5, 0.6) is 0 Å². The fourth-order valence-corrected chi connectivity index (χ4v) is 8.90. The van der Waals surface area contributed by atoms with Gasteiger partial charge in [0.15, 0.2) is 5.82 Å². The quantitative estimate of drug-likeness (QED) is 0.179. The van der Waals surface area contributed by atoms with E-state index in [0.29, 0.717) is 0 Å². The van der Waals surface area contributed by atoms with Crippen LogP contribution in [0.25, 0.3) is 77.7 Å². The normalized spacial score (nSPS) is 13.3. The molecule has 0 unspecified atom stereocenters. The van der Waals surface area contributed by atoms with Gasteiger partial charge in [0.2, 0.25) is 0 Å². The second-order valence-electron chi connectivity index (χ2n) is 13.7. The predicted molar refractivity (Wildman–Crippen MR) is 210 cm³/mol. The van der Waals surface area contributed by atoms with Crippen LogP contribution in [0.2, 0.25) is 0 Å². The highest BCUT2D eigenvalue weighted by Crippen LogP contribution is 2.63. The van der Waals surface area contributed by atoms with Gasteiger partial charge in [-0.25, -0.2) is 9.97 Å². The fraction of sp³-hybridized carbons (Fsp3) is 0.0204. The van der Waals surface area contributed by atoms with Crippen molar-refractivity contribution in [1.29, 1.82) is 0 Å². The Morgan fingerprint density at radius 1 is 0.333 bits per heavy atom. The zero-order chi connectivity index (χ0) is 33.5. The minimum absolute atomic E-state index is 0.374. The molecule has 0 saturated heterocycles. The molecular weight excluding hydrogens is 617 g/mol. The van der Waals surface area contributed by atoms with E-state index in [1.165, 1.54) is 55.6 Å². The molecule has 2 nitrogen and oxygen atoms in total. The first-order valence-corrected chi connectivity index (χ1v) is 17.6. The molecular formula is C49H30N2. The fourth-order valence-electron chi connectivity index (χ4n) is 8.90. The molecule has 51 heavy (non-hydrogen) atoms. The lowest BCUT2D eigenvalue weighted by molar-refractivity contribution is 0.794. The summed E-state index contributed by atoms with van der Waals surface area (Å²) in [4.78, 5) is 10.4. The second-order valence-corrected chi connectivity index (χ2v) is 13.7. The predicted octanol–water partition coefficient (Wildman–Crippen LogP) is 12.1. The van der Waals surface area contributed by atoms with E-state index in [-0.39, 0.29) is 5.41 Å². The number of hydrogen-bond donors (Lipinski definition) is 0. The van der Waals surface area contributed by atoms with Gasteiger partial charge in [-0.1, -0.05) is 164 Å². The maximum atomic E-state index is 5.28. The lowest BCUT2D eigenvalue weighted by Crippen LogP contribution is -2.25. The van der Waals surface area contributed by atoms with E-state index in [1.54, 1.807) is 0 Å². The minimum Gasteiger partial charge on any atom is -0.227 e. The summed E-state index contributed by atoms with van der Waals surface area (Å²) in [5.41, 5.74) is 16.7. The maximum Gasteiger partial charge on any atom is 0.160 e. The van der Waals surface area contributed by atoms with Crippen molar-refractivity contribution in [3.63, 3.8) is 0 Å². The Hall–Kier alpha value is -6.64. The van der Waals surface area contributed by atoms with Crippen LogP contribution >= 0.6 is 0 Å². The Labute approximate surface area is 296 Å². The van der Waals surface area contributed by atoms with Gasteiger partial charge in [-0.3, -0.25) is 0 Å². The molecule has 0 radical (unpaired) electrons. The van der Waals surface area contributed by atoms with Crippen molar-refractivity contribution < 1.29 is 0 Å². The van der Waals surface area contributed by atoms with Crippen LogP contribution in [0.4, 0.5) is 0 Å². The molecule has 2 aliphatic rings. The zero-order valence-electron chi connectivity index (χ0n) is 27.7. The first-order chi connectivity index (χ1) is 25.3. The van der Waals surface area contributed by atoms with E-state index in [1.807, 2.05) is 18.2 Å². The molecule has 0 aliphatic heterocycles. The Balaban J connectivity index is 1.16. The van der Waals surface area contributed by atoms with E-state index >= 15 is 0 Å². The molecule has 2 aliphatic carbocycles. The number of nitrogens with zero attached hydrogens (tertiary/aromatic N) is 2. The smallest absolute Gasteiger partial charge is 0.160 e. The van der Waals surface area contributed by atoms with Crippen LogP contribution in [0.1, 0.15) is 22.3 Å². The van der Waals surface area contributed by atoms with Gasteiger partial charge in [-0.2, -0.15) is 0 Å². The number of rotatable bonds is 3. The average molecular weight is 647 g/mol. The molecule has 0 saturated carbocycles. The van der Waals surface area contributed by atoms with Crippen molar-refractivity contribution >= 4 is 21.7 Å². The third-order valence-electron chi connectivity index (χ3n) is 11.1. The Morgan fingerprint density at radius 3 is 1.49 bits per heavy atom. The molecule has 1 spiro atoms. The van der Waals surface area contributed by atoms with Gasteiger partial charge < -0.3 is 0 Å². The number of fused-ring (bicyclic) bond motifs is 13. The summed E-state index contributed by atoms with van der Waals surface area (Å²) in [6.45, 7) is 0. The molecule has 0 amide bonds. The van der Waals surface area contributed by atoms with Crippen molar-refractivity contribution in [2.75, 3.05) is 0 Å². The minimum atomic E-state index is -0.374. The third-order valence-corrected chi connectivity index (χ3v) is 11.1.